The Kier molecular flexibility index (Phi) is 3.49. The monoisotopic (exact) mass is 230 g/mol. The topological polar surface area (TPSA) is 38.9 Å². The number of rotatable bonds is 4. The molecule has 2 rings (SSSR count). The fraction of sp³-hybridized carbons (Fsp3) is 0.214. The van der Waals surface area contributed by atoms with Crippen molar-refractivity contribution in [2.75, 3.05) is 6.54 Å². The van der Waals surface area contributed by atoms with Crippen LogP contribution in [0.2, 0.25) is 0 Å². The van der Waals surface area contributed by atoms with Gasteiger partial charge in [0.05, 0.1) is 0 Å². The molecule has 0 saturated carbocycles. The van der Waals surface area contributed by atoms with Crippen LogP contribution < -0.4 is 5.73 Å². The van der Waals surface area contributed by atoms with E-state index in [1.807, 2.05) is 30.3 Å². The van der Waals surface area contributed by atoms with Crippen LogP contribution in [-0.4, -0.2) is 11.5 Å². The molecule has 2 nitrogen and oxygen atoms in total. The molecule has 2 N–H and O–H groups in total. The van der Waals surface area contributed by atoms with E-state index in [-0.39, 0.29) is 13.0 Å². The third kappa shape index (κ3) is 2.68. The van der Waals surface area contributed by atoms with E-state index < -0.39 is 5.67 Å². The maximum absolute atomic E-state index is 14.8. The summed E-state index contributed by atoms with van der Waals surface area (Å²) in [4.78, 5) is 3.92. The lowest BCUT2D eigenvalue weighted by Crippen LogP contribution is -2.32. The predicted octanol–water partition coefficient (Wildman–Crippen LogP) is 2.45. The quantitative estimate of drug-likeness (QED) is 0.876. The van der Waals surface area contributed by atoms with Crippen molar-refractivity contribution in [1.82, 2.24) is 4.98 Å². The second-order valence-corrected chi connectivity index (χ2v) is 4.07. The highest BCUT2D eigenvalue weighted by Crippen LogP contribution is 2.28. The standard InChI is InChI=1S/C14H15FN2/c15-14(11-16,13-4-2-1-3-5-13)10-12-6-8-17-9-7-12/h1-9H,10-11,16H2. The van der Waals surface area contributed by atoms with Crippen molar-refractivity contribution in [2.24, 2.45) is 5.73 Å². The van der Waals surface area contributed by atoms with E-state index in [1.54, 1.807) is 24.5 Å². The van der Waals surface area contributed by atoms with E-state index in [1.165, 1.54) is 0 Å². The van der Waals surface area contributed by atoms with Crippen LogP contribution in [0.1, 0.15) is 11.1 Å². The molecule has 2 aromatic rings. The Balaban J connectivity index is 2.27. The van der Waals surface area contributed by atoms with Gasteiger partial charge in [0.2, 0.25) is 0 Å². The highest BCUT2D eigenvalue weighted by atomic mass is 19.1. The normalized spacial score (nSPS) is 14.2. The smallest absolute Gasteiger partial charge is 0.152 e. The Morgan fingerprint density at radius 1 is 1.06 bits per heavy atom. The fourth-order valence-corrected chi connectivity index (χ4v) is 1.85. The first-order valence-corrected chi connectivity index (χ1v) is 5.58. The summed E-state index contributed by atoms with van der Waals surface area (Å²) in [6.07, 6.45) is 3.60. The molecule has 0 bridgehead atoms. The Hall–Kier alpha value is -1.74. The number of halogens is 1. The third-order valence-electron chi connectivity index (χ3n) is 2.85. The number of benzene rings is 1. The number of hydrogen-bond donors (Lipinski definition) is 1. The van der Waals surface area contributed by atoms with Gasteiger partial charge in [0.25, 0.3) is 0 Å². The largest absolute Gasteiger partial charge is 0.327 e. The molecule has 3 heteroatoms. The van der Waals surface area contributed by atoms with Crippen LogP contribution in [0, 0.1) is 0 Å². The highest BCUT2D eigenvalue weighted by molar-refractivity contribution is 5.26. The Morgan fingerprint density at radius 2 is 1.71 bits per heavy atom. The average molecular weight is 230 g/mol. The second kappa shape index (κ2) is 5.06. The minimum atomic E-state index is -1.51. The van der Waals surface area contributed by atoms with Crippen molar-refractivity contribution in [3.8, 4) is 0 Å². The van der Waals surface area contributed by atoms with Gasteiger partial charge in [-0.2, -0.15) is 0 Å². The number of aromatic nitrogens is 1. The molecule has 0 aliphatic carbocycles. The van der Waals surface area contributed by atoms with Crippen molar-refractivity contribution in [1.29, 1.82) is 0 Å². The van der Waals surface area contributed by atoms with E-state index in [9.17, 15) is 4.39 Å². The molecule has 0 aliphatic heterocycles. The molecule has 1 aromatic heterocycles. The van der Waals surface area contributed by atoms with E-state index in [0.717, 1.165) is 5.56 Å². The summed E-state index contributed by atoms with van der Waals surface area (Å²) in [5.41, 5.74) is 5.61. The number of hydrogen-bond acceptors (Lipinski definition) is 2. The number of pyridine rings is 1. The molecule has 1 aromatic carbocycles. The number of nitrogens with two attached hydrogens (primary N) is 1. The second-order valence-electron chi connectivity index (χ2n) is 4.07. The SMILES string of the molecule is NCC(F)(Cc1ccncc1)c1ccccc1. The van der Waals surface area contributed by atoms with Gasteiger partial charge in [0.15, 0.2) is 5.67 Å². The van der Waals surface area contributed by atoms with Crippen molar-refractivity contribution < 1.29 is 4.39 Å². The Morgan fingerprint density at radius 3 is 2.29 bits per heavy atom. The molecule has 17 heavy (non-hydrogen) atoms. The van der Waals surface area contributed by atoms with Crippen molar-refractivity contribution >= 4 is 0 Å². The lowest BCUT2D eigenvalue weighted by Gasteiger charge is -2.24. The molecular formula is C14H15FN2. The van der Waals surface area contributed by atoms with E-state index in [4.69, 9.17) is 5.73 Å². The first-order valence-electron chi connectivity index (χ1n) is 5.58. The van der Waals surface area contributed by atoms with Crippen molar-refractivity contribution in [3.63, 3.8) is 0 Å². The molecule has 1 heterocycles. The zero-order valence-electron chi connectivity index (χ0n) is 9.51. The average Bonchev–Trinajstić information content (AvgIpc) is 2.41. The zero-order valence-corrected chi connectivity index (χ0v) is 9.51. The van der Waals surface area contributed by atoms with Gasteiger partial charge in [-0.3, -0.25) is 4.98 Å². The van der Waals surface area contributed by atoms with Gasteiger partial charge in [-0.25, -0.2) is 4.39 Å². The van der Waals surface area contributed by atoms with Gasteiger partial charge in [-0.05, 0) is 23.3 Å². The summed E-state index contributed by atoms with van der Waals surface area (Å²) in [5.74, 6) is 0. The molecule has 0 amide bonds. The van der Waals surface area contributed by atoms with Gasteiger partial charge < -0.3 is 5.73 Å². The molecule has 0 saturated heterocycles. The zero-order chi connectivity index (χ0) is 12.1. The van der Waals surface area contributed by atoms with Crippen LogP contribution in [0.25, 0.3) is 0 Å². The van der Waals surface area contributed by atoms with E-state index >= 15 is 0 Å². The summed E-state index contributed by atoms with van der Waals surface area (Å²) in [5, 5.41) is 0. The van der Waals surface area contributed by atoms with Crippen LogP contribution in [0.15, 0.2) is 54.9 Å². The van der Waals surface area contributed by atoms with E-state index in [0.29, 0.717) is 5.56 Å². The van der Waals surface area contributed by atoms with Crippen LogP contribution in [0.3, 0.4) is 0 Å². The van der Waals surface area contributed by atoms with Crippen LogP contribution in [-0.2, 0) is 12.1 Å². The minimum Gasteiger partial charge on any atom is -0.327 e. The van der Waals surface area contributed by atoms with Crippen LogP contribution >= 0.6 is 0 Å². The summed E-state index contributed by atoms with van der Waals surface area (Å²) < 4.78 is 14.8. The van der Waals surface area contributed by atoms with Gasteiger partial charge in [-0.15, -0.1) is 0 Å². The summed E-state index contributed by atoms with van der Waals surface area (Å²) in [7, 11) is 0. The van der Waals surface area contributed by atoms with Crippen LogP contribution in [0.4, 0.5) is 4.39 Å². The number of nitrogens with zero attached hydrogens (tertiary/aromatic N) is 1. The van der Waals surface area contributed by atoms with Gasteiger partial charge in [0, 0.05) is 25.4 Å². The molecular weight excluding hydrogens is 215 g/mol. The molecule has 0 aliphatic rings. The maximum Gasteiger partial charge on any atom is 0.152 e. The summed E-state index contributed by atoms with van der Waals surface area (Å²) in [6.45, 7) is -0.0284. The van der Waals surface area contributed by atoms with Gasteiger partial charge in [-0.1, -0.05) is 30.3 Å². The highest BCUT2D eigenvalue weighted by Gasteiger charge is 2.30. The fourth-order valence-electron chi connectivity index (χ4n) is 1.85. The Labute approximate surface area is 100 Å². The summed E-state index contributed by atoms with van der Waals surface area (Å²) in [6, 6.07) is 12.7. The molecule has 0 fully saturated rings. The minimum absolute atomic E-state index is 0.0284. The van der Waals surface area contributed by atoms with Gasteiger partial charge in [0.1, 0.15) is 0 Å². The lowest BCUT2D eigenvalue weighted by molar-refractivity contribution is 0.175. The molecule has 1 atom stereocenters. The number of alkyl halides is 1. The van der Waals surface area contributed by atoms with Gasteiger partial charge >= 0.3 is 0 Å². The van der Waals surface area contributed by atoms with E-state index in [2.05, 4.69) is 4.98 Å². The molecule has 1 unspecified atom stereocenters. The van der Waals surface area contributed by atoms with Crippen molar-refractivity contribution in [3.05, 3.63) is 66.0 Å². The molecule has 0 spiro atoms. The predicted molar refractivity (Wildman–Crippen MR) is 66.2 cm³/mol. The Bertz CT molecular complexity index is 458. The molecule has 88 valence electrons. The van der Waals surface area contributed by atoms with Crippen molar-refractivity contribution in [2.45, 2.75) is 12.1 Å². The summed E-state index contributed by atoms with van der Waals surface area (Å²) >= 11 is 0. The third-order valence-corrected chi connectivity index (χ3v) is 2.85. The first-order chi connectivity index (χ1) is 8.24. The molecule has 0 radical (unpaired) electrons. The van der Waals surface area contributed by atoms with Crippen LogP contribution in [0.5, 0.6) is 0 Å². The first kappa shape index (κ1) is 11.7. The lowest BCUT2D eigenvalue weighted by atomic mass is 9.89. The maximum atomic E-state index is 14.8.